The van der Waals surface area contributed by atoms with Crippen LogP contribution in [0.1, 0.15) is 47.3 Å². The van der Waals surface area contributed by atoms with Crippen molar-refractivity contribution in [1.82, 2.24) is 4.90 Å². The van der Waals surface area contributed by atoms with E-state index >= 15 is 0 Å². The minimum Gasteiger partial charge on any atom is -0.477 e. The van der Waals surface area contributed by atoms with E-state index in [1.165, 1.54) is 17.9 Å². The molecule has 4 rings (SSSR count). The Bertz CT molecular complexity index is 1170. The zero-order valence-electron chi connectivity index (χ0n) is 16.3. The molecule has 0 spiro atoms. The number of benzene rings is 1. The van der Waals surface area contributed by atoms with E-state index in [-0.39, 0.29) is 40.3 Å². The molecule has 0 aromatic heterocycles. The molecule has 1 aromatic carbocycles. The number of fused-ring (bicyclic) bond motifs is 2. The molecule has 1 fully saturated rings. The third-order valence-electron chi connectivity index (χ3n) is 5.92. The Morgan fingerprint density at radius 3 is 2.67 bits per heavy atom. The van der Waals surface area contributed by atoms with Crippen molar-refractivity contribution in [2.45, 2.75) is 32.4 Å². The van der Waals surface area contributed by atoms with E-state index in [9.17, 15) is 29.9 Å². The highest BCUT2D eigenvalue weighted by Gasteiger charge is 2.56. The fourth-order valence-electron chi connectivity index (χ4n) is 4.62. The first-order chi connectivity index (χ1) is 14.2. The smallest absolute Gasteiger partial charge is 0.352 e. The molecular formula is C22H19N3O5. The number of aliphatic hydroxyl groups excluding tert-OH is 1. The highest BCUT2D eigenvalue weighted by Crippen LogP contribution is 2.48. The van der Waals surface area contributed by atoms with Crippen molar-refractivity contribution in [1.29, 1.82) is 5.26 Å². The Morgan fingerprint density at radius 2 is 2.10 bits per heavy atom. The highest BCUT2D eigenvalue weighted by molar-refractivity contribution is 6.23. The molecular weight excluding hydrogens is 386 g/mol. The number of carboxylic acid groups (broad SMARTS) is 1. The van der Waals surface area contributed by atoms with Crippen LogP contribution >= 0.6 is 0 Å². The molecule has 8 nitrogen and oxygen atoms in total. The monoisotopic (exact) mass is 405 g/mol. The number of nitriles is 1. The Labute approximate surface area is 172 Å². The molecule has 1 unspecified atom stereocenters. The van der Waals surface area contributed by atoms with Crippen LogP contribution in [0.3, 0.4) is 0 Å². The fourth-order valence-corrected chi connectivity index (χ4v) is 4.62. The van der Waals surface area contributed by atoms with Gasteiger partial charge in [0.05, 0.1) is 35.4 Å². The van der Waals surface area contributed by atoms with E-state index in [1.54, 1.807) is 25.1 Å². The number of Topliss-reactive ketones (excluding diaryl/α,β-unsaturated/α-hetero) is 1. The summed E-state index contributed by atoms with van der Waals surface area (Å²) in [6.45, 7) is 3.25. The third-order valence-corrected chi connectivity index (χ3v) is 5.92. The van der Waals surface area contributed by atoms with Crippen LogP contribution in [0.5, 0.6) is 0 Å². The van der Waals surface area contributed by atoms with E-state index in [0.29, 0.717) is 16.7 Å². The van der Waals surface area contributed by atoms with Crippen molar-refractivity contribution in [2.75, 3.05) is 0 Å². The van der Waals surface area contributed by atoms with Crippen molar-refractivity contribution in [2.24, 2.45) is 11.7 Å². The summed E-state index contributed by atoms with van der Waals surface area (Å²) in [5.74, 6) is -2.72. The van der Waals surface area contributed by atoms with Crippen LogP contribution in [0.4, 0.5) is 0 Å². The quantitative estimate of drug-likeness (QED) is 0.642. The van der Waals surface area contributed by atoms with Gasteiger partial charge < -0.3 is 20.8 Å². The number of allylic oxidation sites excluding steroid dienone is 3. The number of aliphatic hydroxyl groups is 1. The number of hydrogen-bond donors (Lipinski definition) is 3. The number of amides is 1. The third kappa shape index (κ3) is 2.46. The summed E-state index contributed by atoms with van der Waals surface area (Å²) >= 11 is 0. The highest BCUT2D eigenvalue weighted by atomic mass is 16.4. The standard InChI is InChI=1S/C22H19N3O5/c1-3-4-12-18(24)14-6-10(5-11(8-23)17(14)20(12)27)13-7-15-16(9(2)26)21(28)25(15)19(13)22(29)30/h3-6,9,15-16,26H,7,24H2,1-2H3,(H,29,30)/b4-3-/t9?,15-,16-/m1/s1. The van der Waals surface area contributed by atoms with Gasteiger partial charge in [-0.25, -0.2) is 4.79 Å². The number of rotatable bonds is 4. The van der Waals surface area contributed by atoms with Crippen LogP contribution < -0.4 is 5.73 Å². The molecule has 0 saturated carbocycles. The number of carbonyl (C=O) groups excluding carboxylic acids is 2. The van der Waals surface area contributed by atoms with Crippen LogP contribution in [-0.2, 0) is 9.59 Å². The van der Waals surface area contributed by atoms with Crippen LogP contribution in [0, 0.1) is 17.2 Å². The summed E-state index contributed by atoms with van der Waals surface area (Å²) in [4.78, 5) is 38.3. The van der Waals surface area contributed by atoms with Gasteiger partial charge in [-0.2, -0.15) is 5.26 Å². The van der Waals surface area contributed by atoms with Gasteiger partial charge in [-0.15, -0.1) is 0 Å². The van der Waals surface area contributed by atoms with Crippen molar-refractivity contribution >= 4 is 28.9 Å². The second-order valence-electron chi connectivity index (χ2n) is 7.59. The maximum absolute atomic E-state index is 12.7. The Hall–Kier alpha value is -3.70. The number of aliphatic carboxylic acids is 1. The van der Waals surface area contributed by atoms with Crippen molar-refractivity contribution < 1.29 is 24.6 Å². The molecule has 3 atom stereocenters. The summed E-state index contributed by atoms with van der Waals surface area (Å²) in [5, 5.41) is 29.3. The summed E-state index contributed by atoms with van der Waals surface area (Å²) in [7, 11) is 0. The van der Waals surface area contributed by atoms with Gasteiger partial charge in [-0.05, 0) is 43.5 Å². The molecule has 152 valence electrons. The van der Waals surface area contributed by atoms with Gasteiger partial charge in [0.2, 0.25) is 5.91 Å². The number of nitrogens with zero attached hydrogens (tertiary/aromatic N) is 2. The van der Waals surface area contributed by atoms with Gasteiger partial charge >= 0.3 is 5.97 Å². The van der Waals surface area contributed by atoms with Gasteiger partial charge in [-0.1, -0.05) is 12.2 Å². The first-order valence-electron chi connectivity index (χ1n) is 9.46. The van der Waals surface area contributed by atoms with E-state index in [1.807, 2.05) is 6.07 Å². The number of hydrogen-bond acceptors (Lipinski definition) is 6. The summed E-state index contributed by atoms with van der Waals surface area (Å²) < 4.78 is 0. The molecule has 4 N–H and O–H groups in total. The lowest BCUT2D eigenvalue weighted by Gasteiger charge is -2.44. The predicted molar refractivity (Wildman–Crippen MR) is 106 cm³/mol. The maximum atomic E-state index is 12.7. The molecule has 2 aliphatic heterocycles. The molecule has 3 aliphatic rings. The summed E-state index contributed by atoms with van der Waals surface area (Å²) in [6.07, 6.45) is 2.58. The second kappa shape index (κ2) is 6.68. The van der Waals surface area contributed by atoms with Gasteiger partial charge in [0.15, 0.2) is 5.78 Å². The Kier molecular flexibility index (Phi) is 4.36. The average Bonchev–Trinajstić information content (AvgIpc) is 3.15. The minimum absolute atomic E-state index is 0.0971. The molecule has 2 heterocycles. The molecule has 0 bridgehead atoms. The van der Waals surface area contributed by atoms with E-state index in [4.69, 9.17) is 5.73 Å². The lowest BCUT2D eigenvalue weighted by atomic mass is 9.82. The average molecular weight is 405 g/mol. The SMILES string of the molecule is C/C=C\C1=C(N)c2cc(C3=C(C(=O)O)N4C(=O)[C@H](C(C)O)[C@H]4C3)cc(C#N)c2C1=O. The molecule has 1 saturated heterocycles. The van der Waals surface area contributed by atoms with Crippen LogP contribution in [0.25, 0.3) is 11.3 Å². The van der Waals surface area contributed by atoms with Gasteiger partial charge in [0, 0.05) is 16.7 Å². The topological polar surface area (TPSA) is 145 Å². The number of nitrogens with two attached hydrogens (primary N) is 1. The fraction of sp³-hybridized carbons (Fsp3) is 0.273. The van der Waals surface area contributed by atoms with Crippen molar-refractivity contribution in [3.05, 3.63) is 57.8 Å². The lowest BCUT2D eigenvalue weighted by molar-refractivity contribution is -0.161. The number of ketones is 1. The first kappa shape index (κ1) is 19.6. The maximum Gasteiger partial charge on any atom is 0.352 e. The molecule has 1 aliphatic carbocycles. The second-order valence-corrected chi connectivity index (χ2v) is 7.59. The largest absolute Gasteiger partial charge is 0.477 e. The zero-order valence-corrected chi connectivity index (χ0v) is 16.3. The van der Waals surface area contributed by atoms with Crippen LogP contribution in [-0.4, -0.2) is 44.9 Å². The van der Waals surface area contributed by atoms with Crippen molar-refractivity contribution in [3.8, 4) is 6.07 Å². The molecule has 0 radical (unpaired) electrons. The first-order valence-corrected chi connectivity index (χ1v) is 9.46. The van der Waals surface area contributed by atoms with Crippen molar-refractivity contribution in [3.63, 3.8) is 0 Å². The van der Waals surface area contributed by atoms with E-state index in [2.05, 4.69) is 0 Å². The molecule has 8 heteroatoms. The zero-order chi connectivity index (χ0) is 21.9. The van der Waals surface area contributed by atoms with E-state index in [0.717, 1.165) is 0 Å². The predicted octanol–water partition coefficient (Wildman–Crippen LogP) is 1.41. The molecule has 1 amide bonds. The van der Waals surface area contributed by atoms with E-state index < -0.39 is 29.9 Å². The van der Waals surface area contributed by atoms with Gasteiger partial charge in [0.25, 0.3) is 0 Å². The normalized spacial score (nSPS) is 23.6. The lowest BCUT2D eigenvalue weighted by Crippen LogP contribution is -2.61. The van der Waals surface area contributed by atoms with Crippen LogP contribution in [0.15, 0.2) is 35.6 Å². The Balaban J connectivity index is 1.89. The van der Waals surface area contributed by atoms with Crippen LogP contribution in [0.2, 0.25) is 0 Å². The Morgan fingerprint density at radius 1 is 1.40 bits per heavy atom. The summed E-state index contributed by atoms with van der Waals surface area (Å²) in [5.41, 5.74) is 8.00. The number of carbonyl (C=O) groups is 3. The number of carboxylic acids is 1. The minimum atomic E-state index is -1.27. The number of β-lactam (4-membered cyclic amide) rings is 1. The van der Waals surface area contributed by atoms with Gasteiger partial charge in [-0.3, -0.25) is 9.59 Å². The van der Waals surface area contributed by atoms with Gasteiger partial charge in [0.1, 0.15) is 5.70 Å². The molecule has 30 heavy (non-hydrogen) atoms. The summed E-state index contributed by atoms with van der Waals surface area (Å²) in [6, 6.07) is 4.62. The molecule has 1 aromatic rings.